The Bertz CT molecular complexity index is 1130. The first kappa shape index (κ1) is 23.3. The monoisotopic (exact) mass is 451 g/mol. The van der Waals surface area contributed by atoms with Gasteiger partial charge < -0.3 is 20.1 Å². The van der Waals surface area contributed by atoms with Crippen molar-refractivity contribution in [1.29, 1.82) is 0 Å². The minimum absolute atomic E-state index is 0.0306. The molecule has 11 heteroatoms. The minimum Gasteiger partial charge on any atom is -0.494 e. The van der Waals surface area contributed by atoms with E-state index in [0.717, 1.165) is 0 Å². The summed E-state index contributed by atoms with van der Waals surface area (Å²) in [5.74, 6) is -1.01. The summed E-state index contributed by atoms with van der Waals surface area (Å²) in [5, 5.41) is 17.1. The van der Waals surface area contributed by atoms with Crippen LogP contribution >= 0.6 is 0 Å². The fourth-order valence-electron chi connectivity index (χ4n) is 3.21. The molecule has 2 aromatic heterocycles. The number of ether oxygens (including phenoxy) is 1. The van der Waals surface area contributed by atoms with Gasteiger partial charge in [-0.2, -0.15) is 18.3 Å². The third kappa shape index (κ3) is 5.47. The molecule has 8 nitrogen and oxygen atoms in total. The normalized spacial score (nSPS) is 13.5. The fraction of sp³-hybridized carbons (Fsp3) is 0.381. The summed E-state index contributed by atoms with van der Waals surface area (Å²) in [6.45, 7) is 2.88. The number of aliphatic imine (C=N–C) groups is 1. The van der Waals surface area contributed by atoms with Crippen molar-refractivity contribution in [2.75, 3.05) is 13.7 Å². The number of hydrogen-bond acceptors (Lipinski definition) is 5. The van der Waals surface area contributed by atoms with E-state index >= 15 is 0 Å². The lowest BCUT2D eigenvalue weighted by atomic mass is 10.0. The number of carbonyl (C=O) groups is 1. The third-order valence-electron chi connectivity index (χ3n) is 4.84. The highest BCUT2D eigenvalue weighted by atomic mass is 19.4. The van der Waals surface area contributed by atoms with Crippen molar-refractivity contribution in [2.24, 2.45) is 4.99 Å². The highest BCUT2D eigenvalue weighted by Crippen LogP contribution is 2.31. The Morgan fingerprint density at radius 3 is 2.81 bits per heavy atom. The number of rotatable bonds is 8. The number of alkyl halides is 3. The second-order valence-corrected chi connectivity index (χ2v) is 7.29. The predicted octanol–water partition coefficient (Wildman–Crippen LogP) is 3.93. The molecule has 3 rings (SSSR count). The van der Waals surface area contributed by atoms with E-state index in [1.54, 1.807) is 24.2 Å². The van der Waals surface area contributed by atoms with Crippen molar-refractivity contribution < 1.29 is 27.8 Å². The van der Waals surface area contributed by atoms with Crippen LogP contribution in [0.4, 0.5) is 18.9 Å². The Morgan fingerprint density at radius 2 is 2.16 bits per heavy atom. The van der Waals surface area contributed by atoms with Crippen LogP contribution in [0.15, 0.2) is 35.6 Å². The third-order valence-corrected chi connectivity index (χ3v) is 4.84. The molecule has 2 heterocycles. The van der Waals surface area contributed by atoms with Gasteiger partial charge in [-0.05, 0) is 31.5 Å². The summed E-state index contributed by atoms with van der Waals surface area (Å²) < 4.78 is 44.2. The van der Waals surface area contributed by atoms with Gasteiger partial charge in [0.2, 0.25) is 0 Å². The zero-order chi connectivity index (χ0) is 23.5. The Hall–Kier alpha value is -3.34. The van der Waals surface area contributed by atoms with Gasteiger partial charge >= 0.3 is 6.18 Å². The smallest absolute Gasteiger partial charge is 0.405 e. The fourth-order valence-corrected chi connectivity index (χ4v) is 3.21. The Balaban J connectivity index is 1.94. The topological polar surface area (TPSA) is 105 Å². The molecule has 1 aromatic carbocycles. The van der Waals surface area contributed by atoms with Gasteiger partial charge in [0, 0.05) is 23.6 Å². The van der Waals surface area contributed by atoms with E-state index in [1.807, 2.05) is 19.2 Å². The SMILES string of the molecule is CCC(=Nc1cnn(CC(C)OC)c1)c1c(O)[nH]c2ccc(C(=O)NCC(F)(F)F)cc12. The summed E-state index contributed by atoms with van der Waals surface area (Å²) in [4.78, 5) is 19.6. The van der Waals surface area contributed by atoms with E-state index in [-0.39, 0.29) is 17.5 Å². The molecule has 0 aliphatic heterocycles. The number of aromatic amines is 1. The van der Waals surface area contributed by atoms with Gasteiger partial charge in [0.05, 0.1) is 36.3 Å². The molecule has 0 fully saturated rings. The maximum atomic E-state index is 12.4. The molecule has 1 amide bonds. The van der Waals surface area contributed by atoms with Crippen molar-refractivity contribution in [1.82, 2.24) is 20.1 Å². The lowest BCUT2D eigenvalue weighted by molar-refractivity contribution is -0.123. The van der Waals surface area contributed by atoms with Crippen LogP contribution in [0.25, 0.3) is 10.9 Å². The molecule has 172 valence electrons. The molecule has 0 radical (unpaired) electrons. The zero-order valence-corrected chi connectivity index (χ0v) is 17.8. The van der Waals surface area contributed by atoms with Crippen LogP contribution in [-0.4, -0.2) is 57.4 Å². The van der Waals surface area contributed by atoms with Gasteiger partial charge in [-0.25, -0.2) is 4.99 Å². The van der Waals surface area contributed by atoms with Crippen LogP contribution in [-0.2, 0) is 11.3 Å². The maximum absolute atomic E-state index is 12.4. The molecule has 0 saturated heterocycles. The highest BCUT2D eigenvalue weighted by molar-refractivity contribution is 6.14. The van der Waals surface area contributed by atoms with Gasteiger partial charge in [-0.1, -0.05) is 6.92 Å². The average Bonchev–Trinajstić information content (AvgIpc) is 3.31. The van der Waals surface area contributed by atoms with Crippen LogP contribution in [0, 0.1) is 0 Å². The van der Waals surface area contributed by atoms with Crippen LogP contribution in [0.3, 0.4) is 0 Å². The largest absolute Gasteiger partial charge is 0.494 e. The predicted molar refractivity (Wildman–Crippen MR) is 114 cm³/mol. The number of aromatic nitrogens is 3. The molecule has 0 aliphatic carbocycles. The van der Waals surface area contributed by atoms with Gasteiger partial charge in [0.25, 0.3) is 5.91 Å². The second kappa shape index (κ2) is 9.43. The number of nitrogens with zero attached hydrogens (tertiary/aromatic N) is 3. The number of methoxy groups -OCH3 is 1. The first-order chi connectivity index (χ1) is 15.1. The van der Waals surface area contributed by atoms with Crippen molar-refractivity contribution in [3.8, 4) is 5.88 Å². The van der Waals surface area contributed by atoms with E-state index < -0.39 is 18.6 Å². The number of benzene rings is 1. The molecular weight excluding hydrogens is 427 g/mol. The average molecular weight is 451 g/mol. The lowest BCUT2D eigenvalue weighted by Crippen LogP contribution is -2.33. The first-order valence-corrected chi connectivity index (χ1v) is 9.94. The molecule has 1 atom stereocenters. The Morgan fingerprint density at radius 1 is 1.41 bits per heavy atom. The van der Waals surface area contributed by atoms with Crippen LogP contribution in [0.5, 0.6) is 5.88 Å². The van der Waals surface area contributed by atoms with Gasteiger partial charge in [0.15, 0.2) is 5.88 Å². The molecule has 0 saturated carbocycles. The molecule has 0 aliphatic rings. The number of fused-ring (bicyclic) bond motifs is 1. The molecule has 0 spiro atoms. The van der Waals surface area contributed by atoms with E-state index in [0.29, 0.717) is 40.8 Å². The van der Waals surface area contributed by atoms with Crippen molar-refractivity contribution >= 4 is 28.2 Å². The summed E-state index contributed by atoms with van der Waals surface area (Å²) >= 11 is 0. The van der Waals surface area contributed by atoms with Crippen molar-refractivity contribution in [2.45, 2.75) is 39.1 Å². The Kier molecular flexibility index (Phi) is 6.87. The summed E-state index contributed by atoms with van der Waals surface area (Å²) in [5.41, 5.74) is 2.04. The van der Waals surface area contributed by atoms with Gasteiger partial charge in [-0.15, -0.1) is 0 Å². The van der Waals surface area contributed by atoms with E-state index in [9.17, 15) is 23.1 Å². The number of hydrogen-bond donors (Lipinski definition) is 3. The van der Waals surface area contributed by atoms with Gasteiger partial charge in [0.1, 0.15) is 12.2 Å². The molecule has 1 unspecified atom stereocenters. The standard InChI is InChI=1S/C21H24F3N5O3/c1-4-16(27-14-8-26-29(10-14)9-12(2)32-3)18-15-7-13(5-6-17(15)28-20(18)31)19(30)25-11-21(22,23)24/h5-8,10,12,28,31H,4,9,11H2,1-3H3,(H,25,30). The number of aromatic hydroxyl groups is 1. The molecule has 3 aromatic rings. The summed E-state index contributed by atoms with van der Waals surface area (Å²) in [6, 6.07) is 4.34. The Labute approximate surface area is 182 Å². The molecule has 3 N–H and O–H groups in total. The van der Waals surface area contributed by atoms with E-state index in [2.05, 4.69) is 15.1 Å². The molecule has 32 heavy (non-hydrogen) atoms. The number of halogens is 3. The van der Waals surface area contributed by atoms with E-state index in [4.69, 9.17) is 4.74 Å². The van der Waals surface area contributed by atoms with E-state index in [1.165, 1.54) is 18.2 Å². The van der Waals surface area contributed by atoms with Gasteiger partial charge in [-0.3, -0.25) is 9.48 Å². The first-order valence-electron chi connectivity index (χ1n) is 9.94. The van der Waals surface area contributed by atoms with Crippen molar-refractivity contribution in [3.63, 3.8) is 0 Å². The van der Waals surface area contributed by atoms with Crippen molar-refractivity contribution in [3.05, 3.63) is 41.7 Å². The second-order valence-electron chi connectivity index (χ2n) is 7.29. The van der Waals surface area contributed by atoms with Crippen LogP contribution < -0.4 is 5.32 Å². The highest BCUT2D eigenvalue weighted by Gasteiger charge is 2.28. The summed E-state index contributed by atoms with van der Waals surface area (Å²) in [6.07, 6.45) is -0.764. The number of H-pyrrole nitrogens is 1. The maximum Gasteiger partial charge on any atom is 0.405 e. The van der Waals surface area contributed by atoms with Crippen LogP contribution in [0.1, 0.15) is 36.2 Å². The molecular formula is C21H24F3N5O3. The minimum atomic E-state index is -4.51. The number of carbonyl (C=O) groups excluding carboxylic acids is 1. The number of amides is 1. The lowest BCUT2D eigenvalue weighted by Gasteiger charge is -2.09. The zero-order valence-electron chi connectivity index (χ0n) is 17.8. The summed E-state index contributed by atoms with van der Waals surface area (Å²) in [7, 11) is 1.61. The quantitative estimate of drug-likeness (QED) is 0.452. The molecule has 0 bridgehead atoms. The number of nitrogens with one attached hydrogen (secondary N) is 2. The van der Waals surface area contributed by atoms with Crippen LogP contribution in [0.2, 0.25) is 0 Å².